The molecule has 4 rings (SSSR count). The quantitative estimate of drug-likeness (QED) is 0.298. The van der Waals surface area contributed by atoms with E-state index in [4.69, 9.17) is 9.47 Å². The molecule has 1 saturated heterocycles. The van der Waals surface area contributed by atoms with Gasteiger partial charge in [-0.3, -0.25) is 9.80 Å². The van der Waals surface area contributed by atoms with Crippen molar-refractivity contribution in [1.82, 2.24) is 25.3 Å². The van der Waals surface area contributed by atoms with E-state index in [1.54, 1.807) is 17.9 Å². The first-order chi connectivity index (χ1) is 20.4. The average Bonchev–Trinajstić information content (AvgIpc) is 3.24. The second kappa shape index (κ2) is 15.1. The third-order valence-corrected chi connectivity index (χ3v) is 7.19. The zero-order valence-electron chi connectivity index (χ0n) is 24.5. The van der Waals surface area contributed by atoms with Gasteiger partial charge in [0, 0.05) is 51.5 Å². The van der Waals surface area contributed by atoms with Gasteiger partial charge in [-0.25, -0.2) is 14.4 Å². The summed E-state index contributed by atoms with van der Waals surface area (Å²) in [6.07, 6.45) is 3.29. The predicted molar refractivity (Wildman–Crippen MR) is 161 cm³/mol. The van der Waals surface area contributed by atoms with Crippen LogP contribution in [-0.2, 0) is 9.53 Å². The Morgan fingerprint density at radius 3 is 2.57 bits per heavy atom. The summed E-state index contributed by atoms with van der Waals surface area (Å²) >= 11 is 0. The normalized spacial score (nSPS) is 17.8. The molecule has 0 spiro atoms. The van der Waals surface area contributed by atoms with Crippen molar-refractivity contribution < 1.29 is 23.9 Å². The van der Waals surface area contributed by atoms with Crippen LogP contribution >= 0.6 is 0 Å². The standard InChI is InChI=1S/C32H41N5O5/c1-4-16-33-31(39)36-19-11-18-35(20-21-36)23-27-28(30(38)41-6-3)29(34-32(40)37(27)17-5-2)24-12-10-15-26(22-24)42-25-13-8-7-9-14-25/h5,7-10,12-15,22,29H,2,4,6,11,16-21,23H2,1,3H3,(H,33,39)(H,34,40). The van der Waals surface area contributed by atoms with Crippen LogP contribution in [0.4, 0.5) is 9.59 Å². The maximum atomic E-state index is 13.6. The molecule has 1 unspecified atom stereocenters. The summed E-state index contributed by atoms with van der Waals surface area (Å²) in [5.74, 6) is 0.774. The topological polar surface area (TPSA) is 103 Å². The van der Waals surface area contributed by atoms with Gasteiger partial charge < -0.3 is 25.0 Å². The van der Waals surface area contributed by atoms with Gasteiger partial charge in [-0.2, -0.15) is 0 Å². The van der Waals surface area contributed by atoms with Crippen molar-refractivity contribution in [1.29, 1.82) is 0 Å². The second-order valence-corrected chi connectivity index (χ2v) is 10.2. The number of ether oxygens (including phenoxy) is 2. The maximum Gasteiger partial charge on any atom is 0.338 e. The molecule has 4 amide bonds. The number of nitrogens with zero attached hydrogens (tertiary/aromatic N) is 3. The Labute approximate surface area is 247 Å². The summed E-state index contributed by atoms with van der Waals surface area (Å²) in [7, 11) is 0. The number of nitrogens with one attached hydrogen (secondary N) is 2. The molecule has 2 aliphatic heterocycles. The van der Waals surface area contributed by atoms with Crippen LogP contribution in [0.5, 0.6) is 11.5 Å². The monoisotopic (exact) mass is 575 g/mol. The maximum absolute atomic E-state index is 13.6. The third-order valence-electron chi connectivity index (χ3n) is 7.19. The number of carbonyl (C=O) groups excluding carboxylic acids is 3. The van der Waals surface area contributed by atoms with E-state index in [1.807, 2.05) is 66.4 Å². The van der Waals surface area contributed by atoms with Crippen LogP contribution in [-0.4, -0.2) is 85.2 Å². The summed E-state index contributed by atoms with van der Waals surface area (Å²) in [5.41, 5.74) is 1.64. The lowest BCUT2D eigenvalue weighted by Crippen LogP contribution is -2.51. The minimum atomic E-state index is -0.741. The summed E-state index contributed by atoms with van der Waals surface area (Å²) in [5, 5.41) is 5.97. The molecule has 10 heteroatoms. The molecule has 2 N–H and O–H groups in total. The van der Waals surface area contributed by atoms with Crippen molar-refractivity contribution >= 4 is 18.0 Å². The van der Waals surface area contributed by atoms with Gasteiger partial charge in [0.05, 0.1) is 18.2 Å². The Hall–Kier alpha value is -4.31. The minimum Gasteiger partial charge on any atom is -0.463 e. The third kappa shape index (κ3) is 7.70. The number of amides is 4. The van der Waals surface area contributed by atoms with Crippen LogP contribution in [0.25, 0.3) is 0 Å². The molecule has 1 fully saturated rings. The van der Waals surface area contributed by atoms with Crippen molar-refractivity contribution in [3.63, 3.8) is 0 Å². The highest BCUT2D eigenvalue weighted by Gasteiger charge is 2.38. The lowest BCUT2D eigenvalue weighted by atomic mass is 9.94. The molecule has 10 nitrogen and oxygen atoms in total. The molecule has 2 aromatic rings. The molecular formula is C32H41N5O5. The van der Waals surface area contributed by atoms with Crippen LogP contribution in [0.15, 0.2) is 78.5 Å². The van der Waals surface area contributed by atoms with Gasteiger partial charge in [0.25, 0.3) is 0 Å². The first-order valence-electron chi connectivity index (χ1n) is 14.6. The predicted octanol–water partition coefficient (Wildman–Crippen LogP) is 4.68. The van der Waals surface area contributed by atoms with Gasteiger partial charge in [-0.05, 0) is 49.6 Å². The Bertz CT molecular complexity index is 1280. The van der Waals surface area contributed by atoms with Gasteiger partial charge in [0.1, 0.15) is 11.5 Å². The number of rotatable bonds is 11. The summed E-state index contributed by atoms with van der Waals surface area (Å²) in [6, 6.07) is 15.7. The van der Waals surface area contributed by atoms with Gasteiger partial charge in [0.15, 0.2) is 0 Å². The highest BCUT2D eigenvalue weighted by atomic mass is 16.5. The number of benzene rings is 2. The molecule has 224 valence electrons. The number of urea groups is 2. The van der Waals surface area contributed by atoms with Crippen LogP contribution in [0.1, 0.15) is 38.3 Å². The van der Waals surface area contributed by atoms with Crippen LogP contribution in [0, 0.1) is 0 Å². The van der Waals surface area contributed by atoms with Crippen molar-refractivity contribution in [2.75, 3.05) is 52.4 Å². The molecule has 0 aliphatic carbocycles. The zero-order chi connectivity index (χ0) is 29.9. The number of hydrogen-bond donors (Lipinski definition) is 2. The fourth-order valence-corrected chi connectivity index (χ4v) is 5.17. The van der Waals surface area contributed by atoms with E-state index >= 15 is 0 Å². The molecule has 2 heterocycles. The fourth-order valence-electron chi connectivity index (χ4n) is 5.17. The molecule has 0 aromatic heterocycles. The van der Waals surface area contributed by atoms with E-state index in [2.05, 4.69) is 22.1 Å². The first kappa shape index (κ1) is 30.6. The van der Waals surface area contributed by atoms with Crippen molar-refractivity contribution in [2.45, 2.75) is 32.7 Å². The zero-order valence-corrected chi connectivity index (χ0v) is 24.5. The van der Waals surface area contributed by atoms with Crippen molar-refractivity contribution in [3.05, 3.63) is 84.1 Å². The van der Waals surface area contributed by atoms with E-state index in [9.17, 15) is 14.4 Å². The SMILES string of the molecule is C=CCN1C(=O)NC(c2cccc(Oc3ccccc3)c2)C(C(=O)OCC)=C1CN1CCCN(C(=O)NCCC)CC1. The second-order valence-electron chi connectivity index (χ2n) is 10.2. The smallest absolute Gasteiger partial charge is 0.338 e. The minimum absolute atomic E-state index is 0.0619. The highest BCUT2D eigenvalue weighted by Crippen LogP contribution is 2.34. The van der Waals surface area contributed by atoms with Gasteiger partial charge >= 0.3 is 18.0 Å². The van der Waals surface area contributed by atoms with E-state index < -0.39 is 12.0 Å². The Kier molecular flexibility index (Phi) is 11.0. The highest BCUT2D eigenvalue weighted by molar-refractivity contribution is 5.95. The first-order valence-corrected chi connectivity index (χ1v) is 14.6. The van der Waals surface area contributed by atoms with E-state index in [1.165, 1.54) is 0 Å². The Balaban J connectivity index is 1.67. The lowest BCUT2D eigenvalue weighted by molar-refractivity contribution is -0.139. The van der Waals surface area contributed by atoms with E-state index in [-0.39, 0.29) is 25.2 Å². The Morgan fingerprint density at radius 1 is 1.05 bits per heavy atom. The molecule has 1 atom stereocenters. The molecule has 0 radical (unpaired) electrons. The molecule has 42 heavy (non-hydrogen) atoms. The van der Waals surface area contributed by atoms with Gasteiger partial charge in [0.2, 0.25) is 0 Å². The summed E-state index contributed by atoms with van der Waals surface area (Å²) < 4.78 is 11.6. The van der Waals surface area contributed by atoms with Crippen LogP contribution in [0.3, 0.4) is 0 Å². The molecular weight excluding hydrogens is 534 g/mol. The number of esters is 1. The largest absolute Gasteiger partial charge is 0.463 e. The van der Waals surface area contributed by atoms with Crippen LogP contribution < -0.4 is 15.4 Å². The molecule has 0 bridgehead atoms. The molecule has 2 aromatic carbocycles. The van der Waals surface area contributed by atoms with Gasteiger partial charge in [-0.1, -0.05) is 43.3 Å². The average molecular weight is 576 g/mol. The summed E-state index contributed by atoms with van der Waals surface area (Å²) in [4.78, 5) is 45.2. The van der Waals surface area contributed by atoms with Crippen molar-refractivity contribution in [2.24, 2.45) is 0 Å². The van der Waals surface area contributed by atoms with Gasteiger partial charge in [-0.15, -0.1) is 6.58 Å². The molecule has 0 saturated carbocycles. The number of hydrogen-bond acceptors (Lipinski definition) is 6. The Morgan fingerprint density at radius 2 is 1.83 bits per heavy atom. The molecule has 2 aliphatic rings. The lowest BCUT2D eigenvalue weighted by Gasteiger charge is -2.38. The number of carbonyl (C=O) groups is 3. The number of para-hydroxylation sites is 1. The summed E-state index contributed by atoms with van der Waals surface area (Å²) in [6.45, 7) is 11.5. The van der Waals surface area contributed by atoms with E-state index in [0.29, 0.717) is 67.6 Å². The van der Waals surface area contributed by atoms with E-state index in [0.717, 1.165) is 12.8 Å². The fraction of sp³-hybridized carbons (Fsp3) is 0.406. The van der Waals surface area contributed by atoms with Crippen molar-refractivity contribution in [3.8, 4) is 11.5 Å². The van der Waals surface area contributed by atoms with Crippen LogP contribution in [0.2, 0.25) is 0 Å².